The van der Waals surface area contributed by atoms with Gasteiger partial charge in [-0.3, -0.25) is 0 Å². The number of hydrogen-bond acceptors (Lipinski definition) is 3. The molecule has 1 aromatic rings. The zero-order chi connectivity index (χ0) is 12.1. The van der Waals surface area contributed by atoms with E-state index in [1.807, 2.05) is 13.8 Å². The third kappa shape index (κ3) is 3.38. The van der Waals surface area contributed by atoms with E-state index in [0.717, 1.165) is 5.69 Å². The maximum atomic E-state index is 13.2. The number of hydrogen-bond donors (Lipinski definition) is 2. The Morgan fingerprint density at radius 3 is 2.81 bits per heavy atom. The molecule has 4 heteroatoms. The zero-order valence-corrected chi connectivity index (χ0v) is 10.0. The molecular formula is C12H19FN2O. The van der Waals surface area contributed by atoms with Crippen LogP contribution in [0.4, 0.5) is 15.8 Å². The van der Waals surface area contributed by atoms with Gasteiger partial charge in [-0.05, 0) is 38.5 Å². The molecule has 0 saturated carbocycles. The Morgan fingerprint density at radius 1 is 1.50 bits per heavy atom. The van der Waals surface area contributed by atoms with Crippen molar-refractivity contribution in [1.82, 2.24) is 0 Å². The van der Waals surface area contributed by atoms with E-state index in [1.165, 1.54) is 6.07 Å². The Hall–Kier alpha value is -1.29. The average molecular weight is 226 g/mol. The molecule has 0 spiro atoms. The molecule has 0 aliphatic heterocycles. The average Bonchev–Trinajstić information content (AvgIpc) is 2.23. The van der Waals surface area contributed by atoms with Crippen molar-refractivity contribution in [2.75, 3.05) is 24.3 Å². The first kappa shape index (κ1) is 12.8. The Labute approximate surface area is 95.8 Å². The molecule has 1 aromatic carbocycles. The lowest BCUT2D eigenvalue weighted by Crippen LogP contribution is -2.22. The Morgan fingerprint density at radius 2 is 2.19 bits per heavy atom. The quantitative estimate of drug-likeness (QED) is 0.758. The predicted molar refractivity (Wildman–Crippen MR) is 65.1 cm³/mol. The van der Waals surface area contributed by atoms with Crippen LogP contribution in [0.25, 0.3) is 0 Å². The number of nitrogens with two attached hydrogens (primary N) is 1. The molecule has 16 heavy (non-hydrogen) atoms. The number of nitrogens with one attached hydrogen (secondary N) is 1. The van der Waals surface area contributed by atoms with Gasteiger partial charge in [-0.15, -0.1) is 0 Å². The third-order valence-electron chi connectivity index (χ3n) is 2.30. The van der Waals surface area contributed by atoms with E-state index in [0.29, 0.717) is 24.5 Å². The number of nitrogen functional groups attached to an aromatic ring is 1. The number of benzene rings is 1. The summed E-state index contributed by atoms with van der Waals surface area (Å²) in [7, 11) is 0. The van der Waals surface area contributed by atoms with Gasteiger partial charge in [0.1, 0.15) is 5.82 Å². The lowest BCUT2D eigenvalue weighted by molar-refractivity contribution is 0.141. The van der Waals surface area contributed by atoms with Crippen LogP contribution in [0.1, 0.15) is 19.4 Å². The Bertz CT molecular complexity index is 355. The minimum Gasteiger partial charge on any atom is -0.397 e. The Kier molecular flexibility index (Phi) is 4.55. The molecule has 3 nitrogen and oxygen atoms in total. The number of anilines is 2. The molecule has 0 bridgehead atoms. The lowest BCUT2D eigenvalue weighted by atomic mass is 10.1. The van der Waals surface area contributed by atoms with E-state index in [-0.39, 0.29) is 11.9 Å². The van der Waals surface area contributed by atoms with Gasteiger partial charge in [-0.25, -0.2) is 4.39 Å². The van der Waals surface area contributed by atoms with Crippen LogP contribution in [0, 0.1) is 12.7 Å². The molecule has 0 heterocycles. The van der Waals surface area contributed by atoms with Crippen molar-refractivity contribution < 1.29 is 9.13 Å². The van der Waals surface area contributed by atoms with Crippen LogP contribution in [0.2, 0.25) is 0 Å². The molecule has 0 aromatic heterocycles. The van der Waals surface area contributed by atoms with Gasteiger partial charge in [0.25, 0.3) is 0 Å². The van der Waals surface area contributed by atoms with Crippen molar-refractivity contribution in [2.24, 2.45) is 0 Å². The molecule has 0 aliphatic rings. The van der Waals surface area contributed by atoms with Gasteiger partial charge in [-0.1, -0.05) is 0 Å². The fourth-order valence-corrected chi connectivity index (χ4v) is 1.42. The van der Waals surface area contributed by atoms with Crippen molar-refractivity contribution in [3.8, 4) is 0 Å². The topological polar surface area (TPSA) is 47.3 Å². The molecule has 0 amide bonds. The first-order valence-corrected chi connectivity index (χ1v) is 5.44. The summed E-state index contributed by atoms with van der Waals surface area (Å²) in [6, 6.07) is 3.20. The minimum atomic E-state index is -0.277. The van der Waals surface area contributed by atoms with Gasteiger partial charge in [0.15, 0.2) is 0 Å². The monoisotopic (exact) mass is 226 g/mol. The number of halogens is 1. The van der Waals surface area contributed by atoms with E-state index in [4.69, 9.17) is 10.5 Å². The first-order chi connectivity index (χ1) is 7.54. The highest BCUT2D eigenvalue weighted by Gasteiger charge is 2.07. The van der Waals surface area contributed by atoms with E-state index in [1.54, 1.807) is 13.0 Å². The van der Waals surface area contributed by atoms with E-state index >= 15 is 0 Å². The standard InChI is InChI=1S/C12H19FN2O/c1-4-16-7-9(3)15-12-5-8(2)10(13)6-11(12)14/h5-6,9,15H,4,7,14H2,1-3H3. The third-order valence-corrected chi connectivity index (χ3v) is 2.30. The van der Waals surface area contributed by atoms with Crippen molar-refractivity contribution in [3.05, 3.63) is 23.5 Å². The molecule has 1 rings (SSSR count). The number of rotatable bonds is 5. The molecular weight excluding hydrogens is 207 g/mol. The van der Waals surface area contributed by atoms with Gasteiger partial charge in [0, 0.05) is 12.6 Å². The molecule has 3 N–H and O–H groups in total. The van der Waals surface area contributed by atoms with E-state index < -0.39 is 0 Å². The van der Waals surface area contributed by atoms with Gasteiger partial charge >= 0.3 is 0 Å². The summed E-state index contributed by atoms with van der Waals surface area (Å²) in [6.07, 6.45) is 0. The van der Waals surface area contributed by atoms with Crippen LogP contribution < -0.4 is 11.1 Å². The lowest BCUT2D eigenvalue weighted by Gasteiger charge is -2.17. The van der Waals surface area contributed by atoms with Gasteiger partial charge in [0.05, 0.1) is 18.0 Å². The maximum Gasteiger partial charge on any atom is 0.128 e. The second kappa shape index (κ2) is 5.70. The molecule has 1 atom stereocenters. The summed E-state index contributed by atoms with van der Waals surface area (Å²) in [5, 5.41) is 3.20. The summed E-state index contributed by atoms with van der Waals surface area (Å²) < 4.78 is 18.5. The molecule has 0 radical (unpaired) electrons. The number of aryl methyl sites for hydroxylation is 1. The van der Waals surface area contributed by atoms with Crippen LogP contribution in [0.3, 0.4) is 0 Å². The fourth-order valence-electron chi connectivity index (χ4n) is 1.42. The van der Waals surface area contributed by atoms with E-state index in [9.17, 15) is 4.39 Å². The smallest absolute Gasteiger partial charge is 0.128 e. The Balaban J connectivity index is 2.69. The van der Waals surface area contributed by atoms with Crippen LogP contribution >= 0.6 is 0 Å². The SMILES string of the molecule is CCOCC(C)Nc1cc(C)c(F)cc1N. The van der Waals surface area contributed by atoms with Crippen LogP contribution in [0.15, 0.2) is 12.1 Å². The van der Waals surface area contributed by atoms with Crippen molar-refractivity contribution in [2.45, 2.75) is 26.8 Å². The minimum absolute atomic E-state index is 0.145. The molecule has 90 valence electrons. The summed E-state index contributed by atoms with van der Waals surface area (Å²) in [5.74, 6) is -0.277. The largest absolute Gasteiger partial charge is 0.397 e. The molecule has 1 unspecified atom stereocenters. The highest BCUT2D eigenvalue weighted by Crippen LogP contribution is 2.23. The molecule has 0 aliphatic carbocycles. The van der Waals surface area contributed by atoms with Crippen molar-refractivity contribution in [1.29, 1.82) is 0 Å². The predicted octanol–water partition coefficient (Wildman–Crippen LogP) is 2.55. The van der Waals surface area contributed by atoms with Gasteiger partial charge in [-0.2, -0.15) is 0 Å². The zero-order valence-electron chi connectivity index (χ0n) is 10.0. The van der Waals surface area contributed by atoms with Crippen LogP contribution in [-0.2, 0) is 4.74 Å². The molecule has 0 fully saturated rings. The first-order valence-electron chi connectivity index (χ1n) is 5.44. The normalized spacial score (nSPS) is 12.5. The fraction of sp³-hybridized carbons (Fsp3) is 0.500. The second-order valence-corrected chi connectivity index (χ2v) is 3.89. The van der Waals surface area contributed by atoms with Gasteiger partial charge < -0.3 is 15.8 Å². The van der Waals surface area contributed by atoms with Gasteiger partial charge in [0.2, 0.25) is 0 Å². The summed E-state index contributed by atoms with van der Waals surface area (Å²) >= 11 is 0. The van der Waals surface area contributed by atoms with Crippen molar-refractivity contribution >= 4 is 11.4 Å². The highest BCUT2D eigenvalue weighted by molar-refractivity contribution is 5.67. The van der Waals surface area contributed by atoms with Crippen molar-refractivity contribution in [3.63, 3.8) is 0 Å². The van der Waals surface area contributed by atoms with E-state index in [2.05, 4.69) is 5.32 Å². The highest BCUT2D eigenvalue weighted by atomic mass is 19.1. The summed E-state index contributed by atoms with van der Waals surface area (Å²) in [4.78, 5) is 0. The van der Waals surface area contributed by atoms with Crippen LogP contribution in [0.5, 0.6) is 0 Å². The maximum absolute atomic E-state index is 13.2. The summed E-state index contributed by atoms with van der Waals surface area (Å²) in [6.45, 7) is 6.94. The summed E-state index contributed by atoms with van der Waals surface area (Å²) in [5.41, 5.74) is 7.49. The number of ether oxygens (including phenoxy) is 1. The molecule has 0 saturated heterocycles. The van der Waals surface area contributed by atoms with Crippen LogP contribution in [-0.4, -0.2) is 19.3 Å². The second-order valence-electron chi connectivity index (χ2n) is 3.89.